The van der Waals surface area contributed by atoms with Crippen molar-refractivity contribution in [1.82, 2.24) is 4.67 Å². The quantitative estimate of drug-likeness (QED) is 0.196. The van der Waals surface area contributed by atoms with Gasteiger partial charge in [0.25, 0.3) is 8.53 Å². The van der Waals surface area contributed by atoms with Crippen LogP contribution in [0.5, 0.6) is 0 Å². The highest BCUT2D eigenvalue weighted by molar-refractivity contribution is 8.77. The van der Waals surface area contributed by atoms with Gasteiger partial charge in [0, 0.05) is 21.7 Å². The van der Waals surface area contributed by atoms with Gasteiger partial charge >= 0.3 is 0 Å². The van der Waals surface area contributed by atoms with E-state index in [1.54, 1.807) is 0 Å². The Morgan fingerprint density at radius 3 is 2.25 bits per heavy atom. The van der Waals surface area contributed by atoms with Gasteiger partial charge in [-0.3, -0.25) is 0 Å². The predicted octanol–water partition coefficient (Wildman–Crippen LogP) is 7.06. The van der Waals surface area contributed by atoms with E-state index in [-0.39, 0.29) is 4.75 Å². The molecule has 1 atom stereocenters. The van der Waals surface area contributed by atoms with E-state index in [0.29, 0.717) is 31.7 Å². The zero-order valence-corrected chi connectivity index (χ0v) is 20.8. The van der Waals surface area contributed by atoms with Crippen LogP contribution < -0.4 is 0 Å². The van der Waals surface area contributed by atoms with Gasteiger partial charge in [-0.2, -0.15) is 5.26 Å². The smallest absolute Gasteiger partial charge is 0.259 e. The highest BCUT2D eigenvalue weighted by Crippen LogP contribution is 2.46. The van der Waals surface area contributed by atoms with Crippen molar-refractivity contribution in [3.05, 3.63) is 29.8 Å². The summed E-state index contributed by atoms with van der Waals surface area (Å²) in [6, 6.07) is 11.3. The highest BCUT2D eigenvalue weighted by atomic mass is 33.1. The molecule has 1 aromatic rings. The third-order valence-electron chi connectivity index (χ3n) is 3.59. The fourth-order valence-corrected chi connectivity index (χ4v) is 6.36. The molecule has 1 rings (SSSR count). The summed E-state index contributed by atoms with van der Waals surface area (Å²) in [5.74, 6) is 0. The zero-order valence-electron chi connectivity index (χ0n) is 18.3. The molecule has 7 heteroatoms. The molecule has 4 nitrogen and oxygen atoms in total. The topological polar surface area (TPSA) is 45.5 Å². The Kier molecular flexibility index (Phi) is 12.1. The molecule has 0 bridgehead atoms. The van der Waals surface area contributed by atoms with Crippen molar-refractivity contribution in [1.29, 1.82) is 5.26 Å². The van der Waals surface area contributed by atoms with Crippen LogP contribution in [0.15, 0.2) is 29.2 Å². The van der Waals surface area contributed by atoms with Crippen LogP contribution in [0.25, 0.3) is 0 Å². The Morgan fingerprint density at radius 1 is 1.07 bits per heavy atom. The summed E-state index contributed by atoms with van der Waals surface area (Å²) < 4.78 is 14.7. The lowest BCUT2D eigenvalue weighted by Crippen LogP contribution is -2.33. The molecule has 0 aromatic heterocycles. The summed E-state index contributed by atoms with van der Waals surface area (Å²) in [4.78, 5) is 1.30. The van der Waals surface area contributed by atoms with Crippen LogP contribution in [0.4, 0.5) is 0 Å². The molecule has 0 radical (unpaired) electrons. The number of nitrogens with zero attached hydrogens (tertiary/aromatic N) is 2. The Bertz CT molecular complexity index is 607. The molecule has 1 unspecified atom stereocenters. The van der Waals surface area contributed by atoms with E-state index in [1.165, 1.54) is 10.5 Å². The van der Waals surface area contributed by atoms with E-state index in [1.807, 2.05) is 21.6 Å². The van der Waals surface area contributed by atoms with Crippen molar-refractivity contribution in [2.75, 3.05) is 13.2 Å². The van der Waals surface area contributed by atoms with Crippen LogP contribution in [0.3, 0.4) is 0 Å². The predicted molar refractivity (Wildman–Crippen MR) is 125 cm³/mol. The molecule has 0 saturated carbocycles. The summed E-state index contributed by atoms with van der Waals surface area (Å²) in [5.41, 5.74) is 1.30. The molecule has 0 amide bonds. The van der Waals surface area contributed by atoms with Gasteiger partial charge in [-0.05, 0) is 45.7 Å². The standard InChI is InChI=1S/C21H35N2O2PS2/c1-17(2)23(18(3)4)26(24-15-10-14-22)25-16-13-19-11-8-9-12-20(19)27-28-21(5,6)7/h8-9,11-12,17-18H,10,13,15-16H2,1-7H3. The maximum absolute atomic E-state index is 8.82. The molecule has 0 fully saturated rings. The van der Waals surface area contributed by atoms with Crippen molar-refractivity contribution >= 4 is 30.1 Å². The highest BCUT2D eigenvalue weighted by Gasteiger charge is 2.27. The van der Waals surface area contributed by atoms with Crippen LogP contribution in [0.1, 0.15) is 60.5 Å². The molecular formula is C21H35N2O2PS2. The molecule has 158 valence electrons. The van der Waals surface area contributed by atoms with Gasteiger partial charge in [0.2, 0.25) is 0 Å². The lowest BCUT2D eigenvalue weighted by atomic mass is 10.2. The van der Waals surface area contributed by atoms with Crippen LogP contribution in [-0.2, 0) is 15.5 Å². The molecule has 0 heterocycles. The van der Waals surface area contributed by atoms with Gasteiger partial charge in [0.1, 0.15) is 0 Å². The zero-order chi connectivity index (χ0) is 21.2. The first-order chi connectivity index (χ1) is 13.2. The first-order valence-corrected chi connectivity index (χ1v) is 13.1. The van der Waals surface area contributed by atoms with Crippen molar-refractivity contribution in [2.45, 2.75) is 83.0 Å². The van der Waals surface area contributed by atoms with Crippen LogP contribution in [-0.4, -0.2) is 34.7 Å². The SMILES string of the molecule is CC(C)N(C(C)C)P(OCCC#N)OCCc1ccccc1SSC(C)(C)C. The van der Waals surface area contributed by atoms with Crippen LogP contribution in [0, 0.1) is 11.3 Å². The minimum atomic E-state index is -1.18. The first-order valence-electron chi connectivity index (χ1n) is 9.80. The lowest BCUT2D eigenvalue weighted by molar-refractivity contribution is 0.177. The molecule has 1 aromatic carbocycles. The maximum Gasteiger partial charge on any atom is 0.259 e. The van der Waals surface area contributed by atoms with Crippen LogP contribution in [0.2, 0.25) is 0 Å². The Balaban J connectivity index is 2.74. The second kappa shape index (κ2) is 13.1. The maximum atomic E-state index is 8.82. The second-order valence-corrected chi connectivity index (χ2v) is 12.5. The molecule has 0 spiro atoms. The first kappa shape index (κ1) is 25.8. The summed E-state index contributed by atoms with van der Waals surface area (Å²) in [7, 11) is 2.54. The third-order valence-corrected chi connectivity index (χ3v) is 9.15. The van der Waals surface area contributed by atoms with Gasteiger partial charge in [0.05, 0.1) is 25.7 Å². The molecular weight excluding hydrogens is 407 g/mol. The minimum Gasteiger partial charge on any atom is -0.322 e. The Morgan fingerprint density at radius 2 is 1.68 bits per heavy atom. The van der Waals surface area contributed by atoms with E-state index in [9.17, 15) is 0 Å². The van der Waals surface area contributed by atoms with Gasteiger partial charge in [-0.15, -0.1) is 0 Å². The molecule has 0 saturated heterocycles. The lowest BCUT2D eigenvalue weighted by Gasteiger charge is -2.35. The largest absolute Gasteiger partial charge is 0.322 e. The van der Waals surface area contributed by atoms with Gasteiger partial charge < -0.3 is 9.05 Å². The van der Waals surface area contributed by atoms with Crippen molar-refractivity contribution in [3.63, 3.8) is 0 Å². The average molecular weight is 443 g/mol. The molecule has 0 aliphatic heterocycles. The Hall–Kier alpha value is -0.280. The van der Waals surface area contributed by atoms with Gasteiger partial charge in [0.15, 0.2) is 0 Å². The molecule has 28 heavy (non-hydrogen) atoms. The number of hydrogen-bond donors (Lipinski definition) is 0. The third kappa shape index (κ3) is 9.96. The molecule has 0 aliphatic rings. The second-order valence-electron chi connectivity index (χ2n) is 8.02. The summed E-state index contributed by atoms with van der Waals surface area (Å²) >= 11 is 0. The van der Waals surface area contributed by atoms with E-state index >= 15 is 0 Å². The summed E-state index contributed by atoms with van der Waals surface area (Å²) in [6.07, 6.45) is 1.23. The van der Waals surface area contributed by atoms with Crippen molar-refractivity contribution in [3.8, 4) is 6.07 Å². The van der Waals surface area contributed by atoms with E-state index in [0.717, 1.165) is 6.42 Å². The fourth-order valence-electron chi connectivity index (χ4n) is 2.51. The number of hydrogen-bond acceptors (Lipinski definition) is 6. The van der Waals surface area contributed by atoms with E-state index < -0.39 is 8.53 Å². The summed E-state index contributed by atoms with van der Waals surface area (Å²) in [5, 5.41) is 8.82. The molecule has 0 N–H and O–H groups in total. The normalized spacial score (nSPS) is 13.3. The van der Waals surface area contributed by atoms with Crippen molar-refractivity contribution < 1.29 is 9.05 Å². The number of nitriles is 1. The van der Waals surface area contributed by atoms with E-state index in [2.05, 4.69) is 83.5 Å². The van der Waals surface area contributed by atoms with Gasteiger partial charge in [-0.1, -0.05) is 60.6 Å². The van der Waals surface area contributed by atoms with E-state index in [4.69, 9.17) is 14.3 Å². The fraction of sp³-hybridized carbons (Fsp3) is 0.667. The van der Waals surface area contributed by atoms with Crippen LogP contribution >= 0.6 is 30.1 Å². The number of benzene rings is 1. The average Bonchev–Trinajstić information content (AvgIpc) is 2.59. The summed E-state index contributed by atoms with van der Waals surface area (Å²) in [6.45, 7) is 16.3. The Labute approximate surface area is 181 Å². The van der Waals surface area contributed by atoms with Crippen molar-refractivity contribution in [2.24, 2.45) is 0 Å². The minimum absolute atomic E-state index is 0.214. The van der Waals surface area contributed by atoms with Gasteiger partial charge in [-0.25, -0.2) is 4.67 Å². The monoisotopic (exact) mass is 442 g/mol. The number of rotatable bonds is 12. The molecule has 0 aliphatic carbocycles.